The number of fused-ring (bicyclic) bond motifs is 1. The Morgan fingerprint density at radius 1 is 1.27 bits per heavy atom. The molecule has 0 unspecified atom stereocenters. The van der Waals surface area contributed by atoms with Gasteiger partial charge in [-0.2, -0.15) is 0 Å². The summed E-state index contributed by atoms with van der Waals surface area (Å²) in [6.45, 7) is 1.49. The van der Waals surface area contributed by atoms with Crippen LogP contribution in [0.5, 0.6) is 5.75 Å². The number of amides is 1. The number of methoxy groups -OCH3 is 1. The Balaban J connectivity index is 1.68. The van der Waals surface area contributed by atoms with Gasteiger partial charge in [0.05, 0.1) is 36.4 Å². The Morgan fingerprint density at radius 2 is 2.08 bits per heavy atom. The average Bonchev–Trinajstić information content (AvgIpc) is 3.09. The third-order valence-electron chi connectivity index (χ3n) is 3.72. The number of imidazole rings is 1. The zero-order chi connectivity index (χ0) is 18.7. The summed E-state index contributed by atoms with van der Waals surface area (Å²) < 4.78 is 12.2. The van der Waals surface area contributed by atoms with Crippen molar-refractivity contribution in [2.24, 2.45) is 0 Å². The summed E-state index contributed by atoms with van der Waals surface area (Å²) in [7, 11) is 1.48. The van der Waals surface area contributed by atoms with Gasteiger partial charge in [0.2, 0.25) is 0 Å². The molecule has 0 aliphatic heterocycles. The molecule has 0 radical (unpaired) electrons. The van der Waals surface area contributed by atoms with Crippen molar-refractivity contribution in [1.29, 1.82) is 0 Å². The van der Waals surface area contributed by atoms with Crippen LogP contribution in [0.15, 0.2) is 49.1 Å². The van der Waals surface area contributed by atoms with Gasteiger partial charge in [-0.15, -0.1) is 0 Å². The fourth-order valence-electron chi connectivity index (χ4n) is 2.34. The molecule has 0 saturated heterocycles. The molecule has 2 heterocycles. The monoisotopic (exact) mass is 373 g/mol. The number of pyridine rings is 1. The molecule has 7 nitrogen and oxygen atoms in total. The Kier molecular flexibility index (Phi) is 5.09. The molecule has 0 aliphatic rings. The Bertz CT molecular complexity index is 970. The van der Waals surface area contributed by atoms with Crippen LogP contribution >= 0.6 is 11.6 Å². The van der Waals surface area contributed by atoms with Gasteiger partial charge in [-0.25, -0.2) is 9.78 Å². The number of rotatable bonds is 5. The number of hydrogen-bond acceptors (Lipinski definition) is 5. The van der Waals surface area contributed by atoms with Crippen LogP contribution < -0.4 is 10.1 Å². The van der Waals surface area contributed by atoms with Crippen molar-refractivity contribution in [2.75, 3.05) is 12.4 Å². The topological polar surface area (TPSA) is 81.9 Å². The molecule has 1 aromatic carbocycles. The number of hydrogen-bond donors (Lipinski definition) is 1. The number of halogens is 1. The molecule has 8 heteroatoms. The van der Waals surface area contributed by atoms with E-state index in [-0.39, 0.29) is 0 Å². The standard InChI is InChI=1S/C18H16ClN3O4/c1-11(17(23)21-15-8-13(19)3-4-16(15)25-2)26-18(24)12-5-6-22-10-20-9-14(22)7-12/h3-11H,1-2H3,(H,21,23)/t11-/m0/s1. The van der Waals surface area contributed by atoms with Crippen LogP contribution in [-0.2, 0) is 9.53 Å². The van der Waals surface area contributed by atoms with Crippen LogP contribution in [0.2, 0.25) is 5.02 Å². The van der Waals surface area contributed by atoms with Gasteiger partial charge in [-0.05, 0) is 37.3 Å². The van der Waals surface area contributed by atoms with Crippen LogP contribution in [-0.4, -0.2) is 34.5 Å². The van der Waals surface area contributed by atoms with Crippen molar-refractivity contribution < 1.29 is 19.1 Å². The lowest BCUT2D eigenvalue weighted by atomic mass is 10.2. The molecule has 134 valence electrons. The molecule has 26 heavy (non-hydrogen) atoms. The molecule has 3 rings (SSSR count). The number of nitrogens with zero attached hydrogens (tertiary/aromatic N) is 2. The summed E-state index contributed by atoms with van der Waals surface area (Å²) in [5.41, 5.74) is 1.48. The van der Waals surface area contributed by atoms with E-state index in [1.807, 2.05) is 0 Å². The molecular weight excluding hydrogens is 358 g/mol. The third-order valence-corrected chi connectivity index (χ3v) is 3.96. The van der Waals surface area contributed by atoms with Gasteiger partial charge in [0, 0.05) is 11.2 Å². The van der Waals surface area contributed by atoms with Crippen molar-refractivity contribution >= 4 is 34.7 Å². The van der Waals surface area contributed by atoms with E-state index >= 15 is 0 Å². The highest BCUT2D eigenvalue weighted by Crippen LogP contribution is 2.27. The number of benzene rings is 1. The van der Waals surface area contributed by atoms with Crippen molar-refractivity contribution in [3.8, 4) is 5.75 Å². The van der Waals surface area contributed by atoms with Gasteiger partial charge >= 0.3 is 5.97 Å². The van der Waals surface area contributed by atoms with E-state index in [0.717, 1.165) is 5.52 Å². The van der Waals surface area contributed by atoms with Crippen LogP contribution in [0.1, 0.15) is 17.3 Å². The molecule has 0 spiro atoms. The number of ether oxygens (including phenoxy) is 2. The Morgan fingerprint density at radius 3 is 2.85 bits per heavy atom. The highest BCUT2D eigenvalue weighted by molar-refractivity contribution is 6.31. The van der Waals surface area contributed by atoms with Gasteiger partial charge in [0.25, 0.3) is 5.91 Å². The number of anilines is 1. The van der Waals surface area contributed by atoms with Crippen molar-refractivity contribution in [1.82, 2.24) is 9.38 Å². The van der Waals surface area contributed by atoms with E-state index in [1.54, 1.807) is 53.5 Å². The van der Waals surface area contributed by atoms with E-state index in [9.17, 15) is 9.59 Å². The number of esters is 1. The molecule has 0 fully saturated rings. The number of aromatic nitrogens is 2. The molecule has 0 bridgehead atoms. The predicted molar refractivity (Wildman–Crippen MR) is 96.7 cm³/mol. The zero-order valence-electron chi connectivity index (χ0n) is 14.1. The van der Waals surface area contributed by atoms with Crippen molar-refractivity contribution in [3.05, 3.63) is 59.6 Å². The lowest BCUT2D eigenvalue weighted by molar-refractivity contribution is -0.123. The van der Waals surface area contributed by atoms with E-state index in [1.165, 1.54) is 14.0 Å². The average molecular weight is 374 g/mol. The first-order chi connectivity index (χ1) is 12.5. The van der Waals surface area contributed by atoms with Crippen LogP contribution in [0.25, 0.3) is 5.52 Å². The normalized spacial score (nSPS) is 11.8. The molecule has 1 N–H and O–H groups in total. The van der Waals surface area contributed by atoms with E-state index < -0.39 is 18.0 Å². The maximum atomic E-state index is 12.3. The Labute approximate surface area is 154 Å². The SMILES string of the molecule is COc1ccc(Cl)cc1NC(=O)[C@H](C)OC(=O)c1ccn2cncc2c1. The quantitative estimate of drug-likeness (QED) is 0.694. The second-order valence-electron chi connectivity index (χ2n) is 5.52. The maximum absolute atomic E-state index is 12.3. The molecule has 3 aromatic rings. The first kappa shape index (κ1) is 17.8. The maximum Gasteiger partial charge on any atom is 0.339 e. The van der Waals surface area contributed by atoms with Crippen LogP contribution in [0, 0.1) is 0 Å². The number of nitrogens with one attached hydrogen (secondary N) is 1. The van der Waals surface area contributed by atoms with Crippen LogP contribution in [0.4, 0.5) is 5.69 Å². The summed E-state index contributed by atoms with van der Waals surface area (Å²) >= 11 is 5.94. The molecule has 1 amide bonds. The minimum atomic E-state index is -1.01. The molecule has 0 aliphatic carbocycles. The van der Waals surface area contributed by atoms with Gasteiger partial charge in [0.1, 0.15) is 5.75 Å². The van der Waals surface area contributed by atoms with Crippen molar-refractivity contribution in [2.45, 2.75) is 13.0 Å². The molecule has 1 atom stereocenters. The second-order valence-corrected chi connectivity index (χ2v) is 5.96. The third kappa shape index (κ3) is 3.78. The first-order valence-electron chi connectivity index (χ1n) is 7.75. The predicted octanol–water partition coefficient (Wildman–Crippen LogP) is 3.18. The van der Waals surface area contributed by atoms with E-state index in [2.05, 4.69) is 10.3 Å². The summed E-state index contributed by atoms with van der Waals surface area (Å²) in [6, 6.07) is 8.07. The zero-order valence-corrected chi connectivity index (χ0v) is 14.9. The van der Waals surface area contributed by atoms with Gasteiger partial charge in [0.15, 0.2) is 6.10 Å². The number of carbonyl (C=O) groups is 2. The molecule has 2 aromatic heterocycles. The van der Waals surface area contributed by atoms with Gasteiger partial charge in [-0.1, -0.05) is 11.6 Å². The largest absolute Gasteiger partial charge is 0.495 e. The summed E-state index contributed by atoms with van der Waals surface area (Å²) in [5, 5.41) is 3.09. The van der Waals surface area contributed by atoms with E-state index in [4.69, 9.17) is 21.1 Å². The fraction of sp³-hybridized carbons (Fsp3) is 0.167. The van der Waals surface area contributed by atoms with Gasteiger partial charge < -0.3 is 19.2 Å². The highest BCUT2D eigenvalue weighted by Gasteiger charge is 2.20. The molecule has 0 saturated carbocycles. The van der Waals surface area contributed by atoms with Gasteiger partial charge in [-0.3, -0.25) is 4.79 Å². The Hall–Kier alpha value is -3.06. The fourth-order valence-corrected chi connectivity index (χ4v) is 2.51. The minimum Gasteiger partial charge on any atom is -0.495 e. The smallest absolute Gasteiger partial charge is 0.339 e. The second kappa shape index (κ2) is 7.45. The first-order valence-corrected chi connectivity index (χ1v) is 8.13. The summed E-state index contributed by atoms with van der Waals surface area (Å²) in [5.74, 6) is -0.647. The van der Waals surface area contributed by atoms with Crippen molar-refractivity contribution in [3.63, 3.8) is 0 Å². The lowest BCUT2D eigenvalue weighted by Crippen LogP contribution is -2.30. The van der Waals surface area contributed by atoms with E-state index in [0.29, 0.717) is 22.0 Å². The summed E-state index contributed by atoms with van der Waals surface area (Å²) in [4.78, 5) is 28.6. The number of carbonyl (C=O) groups excluding carboxylic acids is 2. The minimum absolute atomic E-state index is 0.331. The summed E-state index contributed by atoms with van der Waals surface area (Å²) in [6.07, 6.45) is 3.94. The highest BCUT2D eigenvalue weighted by atomic mass is 35.5. The van der Waals surface area contributed by atoms with Crippen LogP contribution in [0.3, 0.4) is 0 Å². The lowest BCUT2D eigenvalue weighted by Gasteiger charge is -2.15. The molecular formula is C18H16ClN3O4.